The van der Waals surface area contributed by atoms with Crippen molar-refractivity contribution >= 4 is 28.1 Å². The van der Waals surface area contributed by atoms with Gasteiger partial charge in [-0.15, -0.1) is 0 Å². The van der Waals surface area contributed by atoms with Crippen LogP contribution in [0.5, 0.6) is 0 Å². The quantitative estimate of drug-likeness (QED) is 0.332. The summed E-state index contributed by atoms with van der Waals surface area (Å²) in [4.78, 5) is 22.3. The topological polar surface area (TPSA) is 98.8 Å². The summed E-state index contributed by atoms with van der Waals surface area (Å²) in [7, 11) is 0. The average molecular weight is 410 g/mol. The Balaban J connectivity index is 1.50. The number of rotatable bonds is 4. The molecule has 0 amide bonds. The zero-order valence-corrected chi connectivity index (χ0v) is 16.0. The van der Waals surface area contributed by atoms with Crippen molar-refractivity contribution in [3.63, 3.8) is 0 Å². The minimum Gasteiger partial charge on any atom is -0.360 e. The van der Waals surface area contributed by atoms with Gasteiger partial charge in [0.05, 0.1) is 21.0 Å². The summed E-state index contributed by atoms with van der Waals surface area (Å²) in [6.45, 7) is 0. The standard InChI is InChI=1S/C24H14N2O5/c27-25(28)19-7-3-1-5-14(19)13-9-10-16-17(11-13)22-18(12-21-24(31-21)23(16)22)15-6-2-4-8-20(15)26(29)30/h1-12,21,24H. The molecule has 2 unspecified atom stereocenters. The molecule has 1 heterocycles. The molecule has 2 atom stereocenters. The third kappa shape index (κ3) is 2.50. The van der Waals surface area contributed by atoms with Crippen molar-refractivity contribution in [2.45, 2.75) is 12.2 Å². The molecule has 0 aromatic heterocycles. The van der Waals surface area contributed by atoms with E-state index >= 15 is 0 Å². The van der Waals surface area contributed by atoms with Crippen molar-refractivity contribution < 1.29 is 14.6 Å². The van der Waals surface area contributed by atoms with Crippen molar-refractivity contribution in [2.75, 3.05) is 0 Å². The Morgan fingerprint density at radius 3 is 2.10 bits per heavy atom. The number of ether oxygens (including phenoxy) is 1. The molecule has 3 aliphatic rings. The van der Waals surface area contributed by atoms with E-state index in [0.717, 1.165) is 33.4 Å². The fourth-order valence-corrected chi connectivity index (χ4v) is 4.65. The van der Waals surface area contributed by atoms with Crippen LogP contribution >= 0.6 is 0 Å². The van der Waals surface area contributed by atoms with Crippen molar-refractivity contribution in [2.24, 2.45) is 0 Å². The van der Waals surface area contributed by atoms with E-state index in [1.165, 1.54) is 12.1 Å². The van der Waals surface area contributed by atoms with Crippen molar-refractivity contribution in [3.05, 3.63) is 110 Å². The Morgan fingerprint density at radius 1 is 0.742 bits per heavy atom. The van der Waals surface area contributed by atoms with Gasteiger partial charge in [-0.25, -0.2) is 0 Å². The normalized spacial score (nSPS) is 20.1. The highest BCUT2D eigenvalue weighted by Crippen LogP contribution is 2.59. The fourth-order valence-electron chi connectivity index (χ4n) is 4.65. The van der Waals surface area contributed by atoms with Crippen molar-refractivity contribution in [1.29, 1.82) is 0 Å². The number of allylic oxidation sites excluding steroid dienone is 2. The van der Waals surface area contributed by atoms with E-state index in [4.69, 9.17) is 4.74 Å². The highest BCUT2D eigenvalue weighted by Gasteiger charge is 2.51. The molecule has 3 aromatic rings. The summed E-state index contributed by atoms with van der Waals surface area (Å²) in [6, 6.07) is 19.1. The first-order valence-corrected chi connectivity index (χ1v) is 9.79. The van der Waals surface area contributed by atoms with E-state index in [1.54, 1.807) is 36.4 Å². The number of fused-ring (bicyclic) bond motifs is 5. The van der Waals surface area contributed by atoms with Gasteiger partial charge in [-0.2, -0.15) is 0 Å². The molecule has 3 aromatic carbocycles. The van der Waals surface area contributed by atoms with Crippen LogP contribution < -0.4 is 0 Å². The first kappa shape index (κ1) is 17.7. The molecule has 0 saturated carbocycles. The van der Waals surface area contributed by atoms with Crippen LogP contribution in [0.3, 0.4) is 0 Å². The zero-order chi connectivity index (χ0) is 21.3. The minimum absolute atomic E-state index is 0.0223. The lowest BCUT2D eigenvalue weighted by atomic mass is 9.70. The number of hydrogen-bond acceptors (Lipinski definition) is 5. The highest BCUT2D eigenvalue weighted by molar-refractivity contribution is 6.26. The number of nitro benzene ring substituents is 2. The molecule has 7 heteroatoms. The second kappa shape index (κ2) is 6.20. The van der Waals surface area contributed by atoms with Gasteiger partial charge in [0.25, 0.3) is 11.4 Å². The Hall–Kier alpha value is -4.10. The van der Waals surface area contributed by atoms with E-state index in [-0.39, 0.29) is 33.4 Å². The number of nitro groups is 2. The lowest BCUT2D eigenvalue weighted by Crippen LogP contribution is -2.17. The molecule has 150 valence electrons. The monoisotopic (exact) mass is 410 g/mol. The van der Waals surface area contributed by atoms with Crippen LogP contribution in [0, 0.1) is 20.2 Å². The molecule has 6 rings (SSSR count). The van der Waals surface area contributed by atoms with Crippen LogP contribution in [0.4, 0.5) is 11.4 Å². The summed E-state index contributed by atoms with van der Waals surface area (Å²) in [5.41, 5.74) is 6.66. The molecule has 7 nitrogen and oxygen atoms in total. The van der Waals surface area contributed by atoms with Crippen LogP contribution in [0.25, 0.3) is 27.8 Å². The Labute approximate surface area is 176 Å². The van der Waals surface area contributed by atoms with Crippen molar-refractivity contribution in [1.82, 2.24) is 0 Å². The van der Waals surface area contributed by atoms with E-state index in [0.29, 0.717) is 11.1 Å². The van der Waals surface area contributed by atoms with Gasteiger partial charge in [-0.05, 0) is 52.1 Å². The molecule has 2 aliphatic carbocycles. The second-order valence-corrected chi connectivity index (χ2v) is 7.70. The maximum Gasteiger partial charge on any atom is 0.277 e. The number of nitrogens with zero attached hydrogens (tertiary/aromatic N) is 2. The van der Waals surface area contributed by atoms with Crippen LogP contribution in [0.2, 0.25) is 0 Å². The largest absolute Gasteiger partial charge is 0.360 e. The molecule has 1 fully saturated rings. The highest BCUT2D eigenvalue weighted by atomic mass is 16.6. The van der Waals surface area contributed by atoms with Gasteiger partial charge in [-0.3, -0.25) is 20.2 Å². The summed E-state index contributed by atoms with van der Waals surface area (Å²) in [5.74, 6) is 0. The third-order valence-corrected chi connectivity index (χ3v) is 6.06. The number of epoxide rings is 1. The summed E-state index contributed by atoms with van der Waals surface area (Å²) in [5, 5.41) is 23.1. The van der Waals surface area contributed by atoms with Gasteiger partial charge < -0.3 is 4.74 Å². The second-order valence-electron chi connectivity index (χ2n) is 7.70. The molecule has 1 aliphatic heterocycles. The molecular formula is C24H14N2O5. The average Bonchev–Trinajstić information content (AvgIpc) is 3.53. The Kier molecular flexibility index (Phi) is 3.55. The molecule has 31 heavy (non-hydrogen) atoms. The smallest absolute Gasteiger partial charge is 0.277 e. The van der Waals surface area contributed by atoms with Crippen LogP contribution in [0.15, 0.2) is 72.8 Å². The Morgan fingerprint density at radius 2 is 1.39 bits per heavy atom. The SMILES string of the molecule is O=[N+]([O-])c1ccccc1C1=CC2OC2C2=C1c1cc(-c3ccccc3[N+](=O)[O-])ccc12. The van der Waals surface area contributed by atoms with Crippen LogP contribution in [-0.4, -0.2) is 22.1 Å². The van der Waals surface area contributed by atoms with Crippen LogP contribution in [0.1, 0.15) is 16.7 Å². The lowest BCUT2D eigenvalue weighted by molar-refractivity contribution is -0.385. The first-order chi connectivity index (χ1) is 15.0. The van der Waals surface area contributed by atoms with E-state index in [2.05, 4.69) is 0 Å². The van der Waals surface area contributed by atoms with Gasteiger partial charge in [0, 0.05) is 17.7 Å². The molecule has 0 bridgehead atoms. The minimum atomic E-state index is -0.388. The van der Waals surface area contributed by atoms with Gasteiger partial charge >= 0.3 is 0 Å². The Bertz CT molecular complexity index is 1390. The van der Waals surface area contributed by atoms with Gasteiger partial charge in [-0.1, -0.05) is 36.4 Å². The van der Waals surface area contributed by atoms with E-state index in [9.17, 15) is 20.2 Å². The predicted molar refractivity (Wildman–Crippen MR) is 115 cm³/mol. The number of hydrogen-bond donors (Lipinski definition) is 0. The third-order valence-electron chi connectivity index (χ3n) is 6.06. The molecule has 0 N–H and O–H groups in total. The maximum atomic E-state index is 11.6. The van der Waals surface area contributed by atoms with Crippen molar-refractivity contribution in [3.8, 4) is 11.1 Å². The summed E-state index contributed by atoms with van der Waals surface area (Å²) >= 11 is 0. The fraction of sp³-hybridized carbons (Fsp3) is 0.0833. The predicted octanol–water partition coefficient (Wildman–Crippen LogP) is 5.26. The maximum absolute atomic E-state index is 11.6. The van der Waals surface area contributed by atoms with Gasteiger partial charge in [0.2, 0.25) is 0 Å². The lowest BCUT2D eigenvalue weighted by Gasteiger charge is -2.31. The van der Waals surface area contributed by atoms with E-state index in [1.807, 2.05) is 24.3 Å². The first-order valence-electron chi connectivity index (χ1n) is 9.79. The van der Waals surface area contributed by atoms with Gasteiger partial charge in [0.1, 0.15) is 12.2 Å². The molecule has 1 saturated heterocycles. The van der Waals surface area contributed by atoms with Gasteiger partial charge in [0.15, 0.2) is 0 Å². The summed E-state index contributed by atoms with van der Waals surface area (Å²) < 4.78 is 5.79. The summed E-state index contributed by atoms with van der Waals surface area (Å²) in [6.07, 6.45) is 1.86. The zero-order valence-electron chi connectivity index (χ0n) is 16.0. The molecular weight excluding hydrogens is 396 g/mol. The molecule has 0 spiro atoms. The van der Waals surface area contributed by atoms with Crippen LogP contribution in [-0.2, 0) is 4.74 Å². The molecule has 0 radical (unpaired) electrons. The number of benzene rings is 3. The van der Waals surface area contributed by atoms with E-state index < -0.39 is 0 Å². The number of para-hydroxylation sites is 2.